The van der Waals surface area contributed by atoms with Crippen molar-refractivity contribution in [2.75, 3.05) is 6.26 Å². The van der Waals surface area contributed by atoms with Gasteiger partial charge in [-0.1, -0.05) is 6.07 Å². The highest BCUT2D eigenvalue weighted by Crippen LogP contribution is 2.30. The smallest absolute Gasteiger partial charge is 0.376 e. The van der Waals surface area contributed by atoms with Crippen molar-refractivity contribution >= 4 is 26.5 Å². The summed E-state index contributed by atoms with van der Waals surface area (Å²) in [4.78, 5) is 14.9. The Labute approximate surface area is 152 Å². The quantitative estimate of drug-likeness (QED) is 0.341. The number of hydrogen-bond donors (Lipinski definition) is 1. The van der Waals surface area contributed by atoms with E-state index >= 15 is 0 Å². The summed E-state index contributed by atoms with van der Waals surface area (Å²) in [7, 11) is -9.45. The number of pyridine rings is 1. The van der Waals surface area contributed by atoms with Crippen molar-refractivity contribution in [3.8, 4) is 16.9 Å². The lowest BCUT2D eigenvalue weighted by Crippen LogP contribution is -2.28. The molecule has 0 spiro atoms. The second-order valence-corrected chi connectivity index (χ2v) is 7.83. The zero-order chi connectivity index (χ0) is 20.9. The number of rotatable bonds is 4. The van der Waals surface area contributed by atoms with Gasteiger partial charge in [0.1, 0.15) is 5.75 Å². The van der Waals surface area contributed by atoms with Gasteiger partial charge in [-0.15, -0.1) is 0 Å². The van der Waals surface area contributed by atoms with Gasteiger partial charge in [-0.3, -0.25) is 14.3 Å². The van der Waals surface area contributed by atoms with E-state index in [-0.39, 0.29) is 5.56 Å². The van der Waals surface area contributed by atoms with Crippen LogP contribution in [-0.4, -0.2) is 44.4 Å². The molecule has 8 nitrogen and oxygen atoms in total. The van der Waals surface area contributed by atoms with E-state index in [9.17, 15) is 34.8 Å². The SMILES string of the molecule is CS(=O)(=O)O.O=Cc1cc(OS(=O)(=O)C(F)(F)F)ccc1-c1cccnc1. The molecular weight excluding hydrogens is 415 g/mol. The van der Waals surface area contributed by atoms with E-state index in [1.165, 1.54) is 18.5 Å². The van der Waals surface area contributed by atoms with E-state index in [4.69, 9.17) is 4.55 Å². The summed E-state index contributed by atoms with van der Waals surface area (Å²) in [6, 6.07) is 6.48. The van der Waals surface area contributed by atoms with Crippen molar-refractivity contribution in [2.24, 2.45) is 0 Å². The van der Waals surface area contributed by atoms with Gasteiger partial charge in [0.05, 0.1) is 6.26 Å². The zero-order valence-corrected chi connectivity index (χ0v) is 15.0. The van der Waals surface area contributed by atoms with Gasteiger partial charge >= 0.3 is 15.6 Å². The molecule has 0 atom stereocenters. The monoisotopic (exact) mass is 427 g/mol. The third-order valence-corrected chi connectivity index (χ3v) is 3.59. The van der Waals surface area contributed by atoms with Crippen LogP contribution in [0.2, 0.25) is 0 Å². The molecule has 0 unspecified atom stereocenters. The first-order valence-corrected chi connectivity index (χ1v) is 9.93. The molecule has 0 radical (unpaired) electrons. The lowest BCUT2D eigenvalue weighted by Gasteiger charge is -2.11. The van der Waals surface area contributed by atoms with Crippen LogP contribution in [-0.2, 0) is 20.2 Å². The fraction of sp³-hybridized carbons (Fsp3) is 0.143. The van der Waals surface area contributed by atoms with Gasteiger partial charge in [0.25, 0.3) is 10.1 Å². The number of halogens is 3. The van der Waals surface area contributed by atoms with E-state index < -0.39 is 31.5 Å². The second kappa shape index (κ2) is 8.45. The van der Waals surface area contributed by atoms with Gasteiger partial charge in [-0.2, -0.15) is 30.0 Å². The Bertz CT molecular complexity index is 997. The van der Waals surface area contributed by atoms with Crippen LogP contribution in [0, 0.1) is 0 Å². The molecule has 1 heterocycles. The van der Waals surface area contributed by atoms with Crippen molar-refractivity contribution in [2.45, 2.75) is 5.51 Å². The molecule has 0 fully saturated rings. The normalized spacial score (nSPS) is 11.9. The van der Waals surface area contributed by atoms with Gasteiger partial charge in [-0.25, -0.2) is 0 Å². The van der Waals surface area contributed by atoms with Gasteiger partial charge in [0.15, 0.2) is 6.29 Å². The average molecular weight is 427 g/mol. The molecule has 13 heteroatoms. The largest absolute Gasteiger partial charge is 0.534 e. The summed E-state index contributed by atoms with van der Waals surface area (Å²) < 4.78 is 88.5. The predicted molar refractivity (Wildman–Crippen MR) is 88.1 cm³/mol. The molecule has 0 amide bonds. The lowest BCUT2D eigenvalue weighted by atomic mass is 10.0. The maximum absolute atomic E-state index is 12.3. The Morgan fingerprint density at radius 2 is 1.74 bits per heavy atom. The molecule has 2 rings (SSSR count). The highest BCUT2D eigenvalue weighted by molar-refractivity contribution is 7.88. The standard InChI is InChI=1S/C13H8F3NO4S.CH4O3S/c14-13(15,16)22(19,20)21-11-3-4-12(10(6-11)8-18)9-2-1-5-17-7-9;1-5(2,3)4/h1-8H;1H3,(H,2,3,4). The molecule has 1 N–H and O–H groups in total. The maximum atomic E-state index is 12.3. The molecule has 0 saturated carbocycles. The van der Waals surface area contributed by atoms with Crippen LogP contribution in [0.15, 0.2) is 42.7 Å². The third kappa shape index (κ3) is 7.32. The number of benzene rings is 1. The molecule has 0 bridgehead atoms. The Balaban J connectivity index is 0.000000646. The Morgan fingerprint density at radius 3 is 2.19 bits per heavy atom. The molecule has 0 saturated heterocycles. The van der Waals surface area contributed by atoms with Gasteiger partial charge in [0.2, 0.25) is 0 Å². The number of carbonyl (C=O) groups is 1. The van der Waals surface area contributed by atoms with Crippen molar-refractivity contribution in [1.82, 2.24) is 4.98 Å². The Hall–Kier alpha value is -2.51. The first-order chi connectivity index (χ1) is 12.2. The number of carbonyl (C=O) groups excluding carboxylic acids is 1. The summed E-state index contributed by atoms with van der Waals surface area (Å²) in [5, 5.41) is 0. The predicted octanol–water partition coefficient (Wildman–Crippen LogP) is 2.29. The minimum atomic E-state index is -5.78. The molecule has 1 aromatic carbocycles. The molecule has 0 aliphatic rings. The number of aldehydes is 1. The molecule has 148 valence electrons. The molecule has 27 heavy (non-hydrogen) atoms. The molecule has 2 aromatic rings. The van der Waals surface area contributed by atoms with Crippen molar-refractivity contribution in [3.05, 3.63) is 48.3 Å². The van der Waals surface area contributed by atoms with Gasteiger partial charge in [-0.05, 0) is 29.8 Å². The van der Waals surface area contributed by atoms with Crippen LogP contribution in [0.5, 0.6) is 5.75 Å². The number of nitrogens with zero attached hydrogens (tertiary/aromatic N) is 1. The molecule has 0 aliphatic heterocycles. The molecule has 1 aromatic heterocycles. The van der Waals surface area contributed by atoms with Gasteiger partial charge in [0, 0.05) is 23.5 Å². The van der Waals surface area contributed by atoms with E-state index in [0.717, 1.165) is 12.1 Å². The fourth-order valence-corrected chi connectivity index (χ4v) is 2.10. The topological polar surface area (TPSA) is 128 Å². The number of hydrogen-bond acceptors (Lipinski definition) is 7. The average Bonchev–Trinajstić information content (AvgIpc) is 2.52. The van der Waals surface area contributed by atoms with Crippen LogP contribution in [0.4, 0.5) is 13.2 Å². The van der Waals surface area contributed by atoms with E-state index in [0.29, 0.717) is 23.7 Å². The summed E-state index contributed by atoms with van der Waals surface area (Å²) in [6.07, 6.45) is 4.06. The Kier molecular flexibility index (Phi) is 7.05. The maximum Gasteiger partial charge on any atom is 0.534 e. The number of alkyl halides is 3. The first kappa shape index (κ1) is 22.5. The third-order valence-electron chi connectivity index (χ3n) is 2.61. The zero-order valence-electron chi connectivity index (χ0n) is 13.4. The van der Waals surface area contributed by atoms with Crippen molar-refractivity contribution < 1.29 is 43.5 Å². The Morgan fingerprint density at radius 1 is 1.15 bits per heavy atom. The first-order valence-electron chi connectivity index (χ1n) is 6.67. The summed E-state index contributed by atoms with van der Waals surface area (Å²) in [5.41, 5.74) is -4.63. The molecular formula is C14H12F3NO7S2. The highest BCUT2D eigenvalue weighted by Gasteiger charge is 2.48. The summed E-state index contributed by atoms with van der Waals surface area (Å²) >= 11 is 0. The lowest BCUT2D eigenvalue weighted by molar-refractivity contribution is -0.0500. The van der Waals surface area contributed by atoms with E-state index in [1.807, 2.05) is 0 Å². The van der Waals surface area contributed by atoms with E-state index in [2.05, 4.69) is 9.17 Å². The summed E-state index contributed by atoms with van der Waals surface area (Å²) in [5.74, 6) is -0.605. The number of aromatic nitrogens is 1. The van der Waals surface area contributed by atoms with Crippen LogP contribution < -0.4 is 4.18 Å². The highest BCUT2D eigenvalue weighted by atomic mass is 32.2. The minimum Gasteiger partial charge on any atom is -0.376 e. The van der Waals surface area contributed by atoms with E-state index in [1.54, 1.807) is 12.1 Å². The van der Waals surface area contributed by atoms with Crippen LogP contribution in [0.1, 0.15) is 10.4 Å². The minimum absolute atomic E-state index is 0.0251. The second-order valence-electron chi connectivity index (χ2n) is 4.82. The van der Waals surface area contributed by atoms with Gasteiger partial charge < -0.3 is 4.18 Å². The summed E-state index contributed by atoms with van der Waals surface area (Å²) in [6.45, 7) is 0. The van der Waals surface area contributed by atoms with Crippen LogP contribution >= 0.6 is 0 Å². The molecule has 0 aliphatic carbocycles. The fourth-order valence-electron chi connectivity index (χ4n) is 1.65. The van der Waals surface area contributed by atoms with Crippen LogP contribution in [0.25, 0.3) is 11.1 Å². The van der Waals surface area contributed by atoms with Crippen molar-refractivity contribution in [1.29, 1.82) is 0 Å². The van der Waals surface area contributed by atoms with Crippen LogP contribution in [0.3, 0.4) is 0 Å². The van der Waals surface area contributed by atoms with Crippen molar-refractivity contribution in [3.63, 3.8) is 0 Å².